The van der Waals surface area contributed by atoms with E-state index in [4.69, 9.17) is 4.74 Å². The molecule has 0 bridgehead atoms. The highest BCUT2D eigenvalue weighted by Crippen LogP contribution is 2.33. The van der Waals surface area contributed by atoms with Gasteiger partial charge in [0.25, 0.3) is 0 Å². The fourth-order valence-electron chi connectivity index (χ4n) is 2.51. The molecule has 0 aliphatic carbocycles. The normalized spacial score (nSPS) is 10.4. The standard InChI is InChI=1S/C19H13N7O/c1-26-18(10-15(25-26)16-12-21-7-8-22-16)27-17-9-13(11-20)3-4-14(17)19-23-5-2-6-24-19/h2-10,12H,1H3. The Morgan fingerprint density at radius 1 is 1.00 bits per heavy atom. The van der Waals surface area contributed by atoms with Crippen molar-refractivity contribution in [2.45, 2.75) is 0 Å². The second-order valence-corrected chi connectivity index (χ2v) is 5.58. The predicted octanol–water partition coefficient (Wildman–Crippen LogP) is 3.00. The third kappa shape index (κ3) is 3.34. The molecule has 0 saturated heterocycles. The molecule has 4 aromatic rings. The molecule has 0 radical (unpaired) electrons. The van der Waals surface area contributed by atoms with E-state index in [9.17, 15) is 5.26 Å². The van der Waals surface area contributed by atoms with Crippen LogP contribution in [0.4, 0.5) is 0 Å². The molecule has 0 fully saturated rings. The summed E-state index contributed by atoms with van der Waals surface area (Å²) in [6.45, 7) is 0. The number of benzene rings is 1. The van der Waals surface area contributed by atoms with E-state index in [2.05, 4.69) is 31.1 Å². The van der Waals surface area contributed by atoms with E-state index in [1.54, 1.807) is 73.0 Å². The second-order valence-electron chi connectivity index (χ2n) is 5.58. The molecule has 3 aromatic heterocycles. The van der Waals surface area contributed by atoms with Gasteiger partial charge >= 0.3 is 0 Å². The van der Waals surface area contributed by atoms with Gasteiger partial charge in [-0.2, -0.15) is 10.4 Å². The summed E-state index contributed by atoms with van der Waals surface area (Å²) in [7, 11) is 1.77. The lowest BCUT2D eigenvalue weighted by Gasteiger charge is -2.10. The molecule has 8 nitrogen and oxygen atoms in total. The maximum absolute atomic E-state index is 9.23. The van der Waals surface area contributed by atoms with Gasteiger partial charge in [-0.25, -0.2) is 14.6 Å². The molecule has 0 saturated carbocycles. The number of nitriles is 1. The van der Waals surface area contributed by atoms with E-state index in [0.717, 1.165) is 0 Å². The summed E-state index contributed by atoms with van der Waals surface area (Å²) in [5.41, 5.74) is 2.42. The number of rotatable bonds is 4. The first kappa shape index (κ1) is 16.4. The van der Waals surface area contributed by atoms with E-state index in [-0.39, 0.29) is 0 Å². The highest BCUT2D eigenvalue weighted by Gasteiger charge is 2.15. The Kier molecular flexibility index (Phi) is 4.25. The number of hydrogen-bond donors (Lipinski definition) is 0. The van der Waals surface area contributed by atoms with Crippen LogP contribution in [0.5, 0.6) is 11.6 Å². The lowest BCUT2D eigenvalue weighted by molar-refractivity contribution is 0.432. The van der Waals surface area contributed by atoms with E-state index in [1.165, 1.54) is 0 Å². The summed E-state index contributed by atoms with van der Waals surface area (Å²) >= 11 is 0. The Morgan fingerprint density at radius 2 is 1.85 bits per heavy atom. The van der Waals surface area contributed by atoms with Crippen molar-refractivity contribution in [2.24, 2.45) is 7.05 Å². The summed E-state index contributed by atoms with van der Waals surface area (Å²) in [6.07, 6.45) is 8.14. The van der Waals surface area contributed by atoms with Crippen LogP contribution in [-0.2, 0) is 7.05 Å². The molecule has 8 heteroatoms. The van der Waals surface area contributed by atoms with Crippen LogP contribution in [0, 0.1) is 11.3 Å². The van der Waals surface area contributed by atoms with Gasteiger partial charge in [-0.3, -0.25) is 9.97 Å². The lowest BCUT2D eigenvalue weighted by Crippen LogP contribution is -1.98. The molecule has 0 atom stereocenters. The van der Waals surface area contributed by atoms with Crippen molar-refractivity contribution in [3.63, 3.8) is 0 Å². The average molecular weight is 355 g/mol. The molecule has 130 valence electrons. The highest BCUT2D eigenvalue weighted by atomic mass is 16.5. The molecule has 0 aliphatic heterocycles. The first-order valence-electron chi connectivity index (χ1n) is 8.04. The minimum absolute atomic E-state index is 0.467. The Hall–Kier alpha value is -4.12. The third-order valence-electron chi connectivity index (χ3n) is 3.79. The maximum Gasteiger partial charge on any atom is 0.218 e. The Balaban J connectivity index is 1.75. The third-order valence-corrected chi connectivity index (χ3v) is 3.79. The van der Waals surface area contributed by atoms with Crippen LogP contribution >= 0.6 is 0 Å². The molecule has 27 heavy (non-hydrogen) atoms. The molecule has 1 aromatic carbocycles. The van der Waals surface area contributed by atoms with Crippen LogP contribution < -0.4 is 4.74 Å². The van der Waals surface area contributed by atoms with Crippen molar-refractivity contribution in [1.29, 1.82) is 5.26 Å². The van der Waals surface area contributed by atoms with Crippen LogP contribution in [0.3, 0.4) is 0 Å². The minimum atomic E-state index is 0.467. The molecule has 0 unspecified atom stereocenters. The van der Waals surface area contributed by atoms with Crippen molar-refractivity contribution < 1.29 is 4.74 Å². The van der Waals surface area contributed by atoms with Gasteiger partial charge in [-0.05, 0) is 24.3 Å². The Labute approximate surface area is 154 Å². The number of ether oxygens (including phenoxy) is 1. The molecule has 4 rings (SSSR count). The number of nitrogens with zero attached hydrogens (tertiary/aromatic N) is 7. The zero-order valence-electron chi connectivity index (χ0n) is 14.3. The minimum Gasteiger partial charge on any atom is -0.438 e. The first-order chi connectivity index (χ1) is 13.2. The smallest absolute Gasteiger partial charge is 0.218 e. The number of aryl methyl sites for hydroxylation is 1. The van der Waals surface area contributed by atoms with Gasteiger partial charge in [0.1, 0.15) is 17.1 Å². The predicted molar refractivity (Wildman–Crippen MR) is 96.5 cm³/mol. The fraction of sp³-hybridized carbons (Fsp3) is 0.0526. The van der Waals surface area contributed by atoms with Crippen molar-refractivity contribution in [1.82, 2.24) is 29.7 Å². The van der Waals surface area contributed by atoms with Crippen molar-refractivity contribution >= 4 is 0 Å². The van der Waals surface area contributed by atoms with Crippen molar-refractivity contribution in [3.05, 3.63) is 66.9 Å². The molecule has 3 heterocycles. The van der Waals surface area contributed by atoms with Crippen LogP contribution in [0.1, 0.15) is 5.56 Å². The SMILES string of the molecule is Cn1nc(-c2cnccn2)cc1Oc1cc(C#N)ccc1-c1ncccn1. The molecule has 0 spiro atoms. The van der Waals surface area contributed by atoms with Gasteiger partial charge < -0.3 is 4.74 Å². The van der Waals surface area contributed by atoms with Crippen molar-refractivity contribution in [2.75, 3.05) is 0 Å². The van der Waals surface area contributed by atoms with Gasteiger partial charge in [0.05, 0.1) is 23.4 Å². The average Bonchev–Trinajstić information content (AvgIpc) is 3.09. The molecule has 0 amide bonds. The zero-order valence-corrected chi connectivity index (χ0v) is 14.3. The van der Waals surface area contributed by atoms with Crippen molar-refractivity contribution in [3.8, 4) is 40.5 Å². The Bertz CT molecular complexity index is 1120. The van der Waals surface area contributed by atoms with Crippen LogP contribution in [-0.4, -0.2) is 29.7 Å². The van der Waals surface area contributed by atoms with Crippen LogP contribution in [0.2, 0.25) is 0 Å². The number of aromatic nitrogens is 6. The molecular formula is C19H13N7O. The Morgan fingerprint density at radius 3 is 2.59 bits per heavy atom. The number of hydrogen-bond acceptors (Lipinski definition) is 7. The molecule has 0 N–H and O–H groups in total. The van der Waals surface area contributed by atoms with Gasteiger partial charge in [0.2, 0.25) is 5.88 Å². The fourth-order valence-corrected chi connectivity index (χ4v) is 2.51. The van der Waals surface area contributed by atoms with E-state index in [0.29, 0.717) is 40.0 Å². The molecular weight excluding hydrogens is 342 g/mol. The largest absolute Gasteiger partial charge is 0.438 e. The topological polar surface area (TPSA) is 102 Å². The van der Waals surface area contributed by atoms with Crippen LogP contribution in [0.15, 0.2) is 61.3 Å². The van der Waals surface area contributed by atoms with E-state index in [1.807, 2.05) is 0 Å². The van der Waals surface area contributed by atoms with E-state index < -0.39 is 0 Å². The van der Waals surface area contributed by atoms with E-state index >= 15 is 0 Å². The summed E-state index contributed by atoms with van der Waals surface area (Å²) < 4.78 is 7.66. The summed E-state index contributed by atoms with van der Waals surface area (Å²) in [5.74, 6) is 1.46. The lowest BCUT2D eigenvalue weighted by atomic mass is 10.1. The van der Waals surface area contributed by atoms with Gasteiger partial charge in [0.15, 0.2) is 5.82 Å². The quantitative estimate of drug-likeness (QED) is 0.554. The molecule has 0 aliphatic rings. The van der Waals surface area contributed by atoms with Crippen LogP contribution in [0.25, 0.3) is 22.8 Å². The van der Waals surface area contributed by atoms with Gasteiger partial charge in [-0.15, -0.1) is 0 Å². The highest BCUT2D eigenvalue weighted by molar-refractivity contribution is 5.66. The summed E-state index contributed by atoms with van der Waals surface area (Å²) in [5, 5.41) is 13.6. The summed E-state index contributed by atoms with van der Waals surface area (Å²) in [4.78, 5) is 16.8. The second kappa shape index (κ2) is 7.01. The maximum atomic E-state index is 9.23. The first-order valence-corrected chi connectivity index (χ1v) is 8.04. The monoisotopic (exact) mass is 355 g/mol. The van der Waals surface area contributed by atoms with Gasteiger partial charge in [-0.1, -0.05) is 0 Å². The van der Waals surface area contributed by atoms with Gasteiger partial charge in [0, 0.05) is 37.9 Å². The summed E-state index contributed by atoms with van der Waals surface area (Å²) in [6, 6.07) is 10.7. The zero-order chi connectivity index (χ0) is 18.6.